The van der Waals surface area contributed by atoms with Gasteiger partial charge in [-0.3, -0.25) is 9.59 Å². The third kappa shape index (κ3) is 5.65. The smallest absolute Gasteiger partial charge is 0.408 e. The van der Waals surface area contributed by atoms with Crippen LogP contribution in [0.15, 0.2) is 48.5 Å². The number of methoxy groups -OCH3 is 1. The number of alkyl carbamates (subject to hydrolysis) is 1. The van der Waals surface area contributed by atoms with E-state index >= 15 is 0 Å². The van der Waals surface area contributed by atoms with Gasteiger partial charge in [0.25, 0.3) is 5.91 Å². The Morgan fingerprint density at radius 3 is 2.20 bits per heavy atom. The van der Waals surface area contributed by atoms with Gasteiger partial charge in [0.1, 0.15) is 12.1 Å². The van der Waals surface area contributed by atoms with Crippen LogP contribution in [0.3, 0.4) is 0 Å². The minimum absolute atomic E-state index is 0.0652. The van der Waals surface area contributed by atoms with Crippen molar-refractivity contribution >= 4 is 18.0 Å². The van der Waals surface area contributed by atoms with Crippen LogP contribution < -0.4 is 5.32 Å². The molecule has 1 saturated carbocycles. The number of rotatable bonds is 11. The summed E-state index contributed by atoms with van der Waals surface area (Å²) in [5.74, 6) is -1.08. The SMILES string of the molecule is COCC(C)(NC(=O)OCC1c2ccccc2-c2ccccc21)C(=O)N(CCC(=O)O)CC1CC1. The highest BCUT2D eigenvalue weighted by molar-refractivity contribution is 5.90. The summed E-state index contributed by atoms with van der Waals surface area (Å²) in [4.78, 5) is 39.0. The molecule has 4 rings (SSSR count). The van der Waals surface area contributed by atoms with Crippen molar-refractivity contribution in [3.05, 3.63) is 59.7 Å². The van der Waals surface area contributed by atoms with Crippen molar-refractivity contribution in [3.63, 3.8) is 0 Å². The number of aliphatic carboxylic acids is 1. The first-order valence-corrected chi connectivity index (χ1v) is 12.0. The van der Waals surface area contributed by atoms with Crippen LogP contribution in [0.2, 0.25) is 0 Å². The van der Waals surface area contributed by atoms with Crippen molar-refractivity contribution in [1.29, 1.82) is 0 Å². The Morgan fingerprint density at radius 2 is 1.66 bits per heavy atom. The van der Waals surface area contributed by atoms with E-state index in [-0.39, 0.29) is 38.0 Å². The number of nitrogens with zero attached hydrogens (tertiary/aromatic N) is 1. The Bertz CT molecular complexity index is 1050. The van der Waals surface area contributed by atoms with E-state index in [0.29, 0.717) is 12.5 Å². The molecule has 0 aromatic heterocycles. The molecule has 0 aliphatic heterocycles. The van der Waals surface area contributed by atoms with Gasteiger partial charge in [-0.1, -0.05) is 48.5 Å². The Labute approximate surface area is 205 Å². The van der Waals surface area contributed by atoms with Gasteiger partial charge in [-0.25, -0.2) is 4.79 Å². The first-order chi connectivity index (χ1) is 16.8. The second-order valence-electron chi connectivity index (χ2n) is 9.55. The molecule has 0 bridgehead atoms. The van der Waals surface area contributed by atoms with Gasteiger partial charge in [0, 0.05) is 26.1 Å². The Morgan fingerprint density at radius 1 is 1.06 bits per heavy atom. The lowest BCUT2D eigenvalue weighted by atomic mass is 9.98. The molecule has 0 saturated heterocycles. The molecule has 2 aromatic rings. The van der Waals surface area contributed by atoms with Crippen LogP contribution in [-0.2, 0) is 19.1 Å². The molecule has 35 heavy (non-hydrogen) atoms. The predicted octanol–water partition coefficient (Wildman–Crippen LogP) is 3.64. The van der Waals surface area contributed by atoms with E-state index in [9.17, 15) is 14.4 Å². The van der Waals surface area contributed by atoms with Crippen molar-refractivity contribution in [1.82, 2.24) is 10.2 Å². The third-order valence-electron chi connectivity index (χ3n) is 6.68. The molecule has 2 aliphatic rings. The molecule has 1 fully saturated rings. The number of nitrogens with one attached hydrogen (secondary N) is 1. The van der Waals surface area contributed by atoms with Gasteiger partial charge in [-0.15, -0.1) is 0 Å². The molecule has 2 amide bonds. The zero-order valence-electron chi connectivity index (χ0n) is 20.2. The predicted molar refractivity (Wildman–Crippen MR) is 130 cm³/mol. The molecule has 2 aromatic carbocycles. The quantitative estimate of drug-likeness (QED) is 0.509. The molecule has 8 heteroatoms. The normalized spacial score (nSPS) is 16.1. The lowest BCUT2D eigenvalue weighted by Gasteiger charge is -2.34. The third-order valence-corrected chi connectivity index (χ3v) is 6.68. The zero-order valence-corrected chi connectivity index (χ0v) is 20.2. The summed E-state index contributed by atoms with van der Waals surface area (Å²) in [6.45, 7) is 2.20. The number of amides is 2. The first-order valence-electron chi connectivity index (χ1n) is 12.0. The number of fused-ring (bicyclic) bond motifs is 3. The number of benzene rings is 2. The summed E-state index contributed by atoms with van der Waals surface area (Å²) in [6, 6.07) is 16.1. The van der Waals surface area contributed by atoms with Crippen LogP contribution in [0.4, 0.5) is 4.79 Å². The molecule has 2 N–H and O–H groups in total. The fraction of sp³-hybridized carbons (Fsp3) is 0.444. The van der Waals surface area contributed by atoms with Crippen LogP contribution in [0.1, 0.15) is 43.2 Å². The van der Waals surface area contributed by atoms with Crippen LogP contribution in [0.5, 0.6) is 0 Å². The zero-order chi connectivity index (χ0) is 25.0. The standard InChI is InChI=1S/C27H32N2O6/c1-27(17-34-2,25(32)29(14-13-24(30)31)15-18-11-12-18)28-26(33)35-16-23-21-9-5-3-7-19(21)20-8-4-6-10-22(20)23/h3-10,18,23H,11-17H2,1-2H3,(H,28,33)(H,30,31). The molecule has 0 spiro atoms. The number of hydrogen-bond donors (Lipinski definition) is 2. The fourth-order valence-electron chi connectivity index (χ4n) is 4.77. The number of carbonyl (C=O) groups excluding carboxylic acids is 2. The van der Waals surface area contributed by atoms with E-state index in [4.69, 9.17) is 14.6 Å². The van der Waals surface area contributed by atoms with Crippen LogP contribution >= 0.6 is 0 Å². The largest absolute Gasteiger partial charge is 0.481 e. The number of carboxylic acids is 1. The minimum atomic E-state index is -1.38. The molecule has 2 aliphatic carbocycles. The van der Waals surface area contributed by atoms with Gasteiger partial charge in [-0.05, 0) is 47.9 Å². The highest BCUT2D eigenvalue weighted by atomic mass is 16.5. The van der Waals surface area contributed by atoms with Crippen molar-refractivity contribution in [2.45, 2.75) is 37.6 Å². The average molecular weight is 481 g/mol. The fourth-order valence-corrected chi connectivity index (χ4v) is 4.77. The second-order valence-corrected chi connectivity index (χ2v) is 9.55. The molecule has 8 nitrogen and oxygen atoms in total. The summed E-state index contributed by atoms with van der Waals surface area (Å²) < 4.78 is 10.9. The van der Waals surface area contributed by atoms with Crippen LogP contribution in [0.25, 0.3) is 11.1 Å². The molecule has 1 atom stereocenters. The van der Waals surface area contributed by atoms with Crippen molar-refractivity contribution in [2.75, 3.05) is 33.4 Å². The number of hydrogen-bond acceptors (Lipinski definition) is 5. The monoisotopic (exact) mass is 480 g/mol. The van der Waals surface area contributed by atoms with E-state index in [1.54, 1.807) is 6.92 Å². The second kappa shape index (κ2) is 10.5. The molecule has 0 radical (unpaired) electrons. The first kappa shape index (κ1) is 24.7. The highest BCUT2D eigenvalue weighted by Gasteiger charge is 2.41. The van der Waals surface area contributed by atoms with Gasteiger partial charge in [0.2, 0.25) is 0 Å². The molecular formula is C27H32N2O6. The van der Waals surface area contributed by atoms with Gasteiger partial charge < -0.3 is 24.8 Å². The van der Waals surface area contributed by atoms with E-state index < -0.39 is 17.6 Å². The van der Waals surface area contributed by atoms with Gasteiger partial charge in [0.05, 0.1) is 13.0 Å². The van der Waals surface area contributed by atoms with E-state index in [2.05, 4.69) is 17.4 Å². The van der Waals surface area contributed by atoms with E-state index in [0.717, 1.165) is 35.1 Å². The Kier molecular flexibility index (Phi) is 7.40. The highest BCUT2D eigenvalue weighted by Crippen LogP contribution is 2.44. The number of carbonyl (C=O) groups is 3. The number of carboxylic acid groups (broad SMARTS) is 1. The molecule has 186 valence electrons. The maximum Gasteiger partial charge on any atom is 0.408 e. The summed E-state index contributed by atoms with van der Waals surface area (Å²) >= 11 is 0. The Hall–Kier alpha value is -3.39. The van der Waals surface area contributed by atoms with Crippen molar-refractivity contribution < 1.29 is 29.0 Å². The van der Waals surface area contributed by atoms with E-state index in [1.165, 1.54) is 12.0 Å². The molecule has 0 heterocycles. The van der Waals surface area contributed by atoms with Gasteiger partial charge >= 0.3 is 12.1 Å². The molecule has 1 unspecified atom stereocenters. The summed E-state index contributed by atoms with van der Waals surface area (Å²) in [6.07, 6.45) is 1.14. The van der Waals surface area contributed by atoms with Crippen LogP contribution in [0, 0.1) is 5.92 Å². The lowest BCUT2D eigenvalue weighted by Crippen LogP contribution is -2.61. The van der Waals surface area contributed by atoms with Crippen LogP contribution in [-0.4, -0.2) is 66.9 Å². The average Bonchev–Trinajstić information content (AvgIpc) is 3.60. The van der Waals surface area contributed by atoms with Gasteiger partial charge in [0.15, 0.2) is 0 Å². The summed E-state index contributed by atoms with van der Waals surface area (Å²) in [5, 5.41) is 11.8. The topological polar surface area (TPSA) is 105 Å². The maximum absolute atomic E-state index is 13.4. The Balaban J connectivity index is 1.45. The minimum Gasteiger partial charge on any atom is -0.481 e. The van der Waals surface area contributed by atoms with Crippen molar-refractivity contribution in [2.24, 2.45) is 5.92 Å². The number of ether oxygens (including phenoxy) is 2. The van der Waals surface area contributed by atoms with E-state index in [1.807, 2.05) is 36.4 Å². The summed E-state index contributed by atoms with van der Waals surface area (Å²) in [5.41, 5.74) is 3.07. The molecular weight excluding hydrogens is 448 g/mol. The van der Waals surface area contributed by atoms with Crippen molar-refractivity contribution in [3.8, 4) is 11.1 Å². The summed E-state index contributed by atoms with van der Waals surface area (Å²) in [7, 11) is 1.45. The maximum atomic E-state index is 13.4. The van der Waals surface area contributed by atoms with Gasteiger partial charge in [-0.2, -0.15) is 0 Å². The lowest BCUT2D eigenvalue weighted by molar-refractivity contribution is -0.142.